The molecule has 3 aromatic rings. The Bertz CT molecular complexity index is 1140. The van der Waals surface area contributed by atoms with Gasteiger partial charge in [0.1, 0.15) is 4.90 Å². The molecule has 0 atom stereocenters. The lowest BCUT2D eigenvalue weighted by Gasteiger charge is -2.10. The van der Waals surface area contributed by atoms with Crippen LogP contribution in [0.25, 0.3) is 0 Å². The molecule has 0 saturated carbocycles. The van der Waals surface area contributed by atoms with Crippen molar-refractivity contribution in [1.29, 1.82) is 0 Å². The van der Waals surface area contributed by atoms with Gasteiger partial charge in [0, 0.05) is 21.8 Å². The van der Waals surface area contributed by atoms with Gasteiger partial charge in [0.25, 0.3) is 0 Å². The number of benzene rings is 3. The molecule has 0 spiro atoms. The summed E-state index contributed by atoms with van der Waals surface area (Å²) in [7, 11) is -4.02. The van der Waals surface area contributed by atoms with E-state index in [9.17, 15) is 8.42 Å². The second kappa shape index (κ2) is 8.35. The first-order valence-electron chi connectivity index (χ1n) is 8.35. The van der Waals surface area contributed by atoms with Gasteiger partial charge in [-0.2, -0.15) is 8.42 Å². The van der Waals surface area contributed by atoms with E-state index in [1.165, 1.54) is 42.1 Å². The number of hydrogen-bond acceptors (Lipinski definition) is 4. The van der Waals surface area contributed by atoms with E-state index in [-0.39, 0.29) is 10.6 Å². The van der Waals surface area contributed by atoms with Crippen molar-refractivity contribution < 1.29 is 12.6 Å². The zero-order chi connectivity index (χ0) is 20.3. The maximum atomic E-state index is 12.6. The van der Waals surface area contributed by atoms with Crippen molar-refractivity contribution in [2.75, 3.05) is 0 Å². The molecule has 144 valence electrons. The van der Waals surface area contributed by atoms with E-state index in [1.54, 1.807) is 12.1 Å². The van der Waals surface area contributed by atoms with Crippen molar-refractivity contribution >= 4 is 45.2 Å². The molecule has 0 fully saturated rings. The van der Waals surface area contributed by atoms with Gasteiger partial charge in [-0.3, -0.25) is 4.99 Å². The second-order valence-electron chi connectivity index (χ2n) is 6.20. The van der Waals surface area contributed by atoms with Crippen molar-refractivity contribution in [3.8, 4) is 5.75 Å². The smallest absolute Gasteiger partial charge is 0.339 e. The number of aryl methyl sites for hydroxylation is 2. The maximum absolute atomic E-state index is 12.6. The summed E-state index contributed by atoms with van der Waals surface area (Å²) < 4.78 is 30.5. The number of aliphatic imine (C=N–C) groups is 1. The lowest BCUT2D eigenvalue weighted by Crippen LogP contribution is -2.10. The third-order valence-electron chi connectivity index (χ3n) is 4.12. The number of rotatable bonds is 5. The minimum atomic E-state index is -4.02. The predicted octanol–water partition coefficient (Wildman–Crippen LogP) is 6.13. The normalized spacial score (nSPS) is 11.7. The molecule has 0 unspecified atom stereocenters. The number of halogens is 2. The van der Waals surface area contributed by atoms with E-state index in [0.29, 0.717) is 15.6 Å². The Morgan fingerprint density at radius 1 is 0.857 bits per heavy atom. The summed E-state index contributed by atoms with van der Waals surface area (Å²) in [4.78, 5) is 4.42. The molecule has 28 heavy (non-hydrogen) atoms. The lowest BCUT2D eigenvalue weighted by atomic mass is 10.1. The Kier molecular flexibility index (Phi) is 6.08. The van der Waals surface area contributed by atoms with Crippen LogP contribution in [-0.2, 0) is 10.1 Å². The highest BCUT2D eigenvalue weighted by Gasteiger charge is 2.18. The van der Waals surface area contributed by atoms with E-state index < -0.39 is 10.1 Å². The highest BCUT2D eigenvalue weighted by molar-refractivity contribution is 7.87. The van der Waals surface area contributed by atoms with Crippen LogP contribution in [0.1, 0.15) is 16.7 Å². The number of hydrogen-bond donors (Lipinski definition) is 0. The largest absolute Gasteiger partial charge is 0.378 e. The molecule has 0 amide bonds. The van der Waals surface area contributed by atoms with Crippen LogP contribution in [0.15, 0.2) is 70.6 Å². The monoisotopic (exact) mass is 433 g/mol. The standard InChI is InChI=1S/C21H17Cl2NO3S/c1-14-3-7-19(11-15(14)2)24-13-16-12-18(23)6-10-21(16)27-28(25,26)20-8-4-17(22)5-9-20/h3-13H,1-2H3. The van der Waals surface area contributed by atoms with Gasteiger partial charge in [-0.05, 0) is 79.6 Å². The van der Waals surface area contributed by atoms with Crippen LogP contribution in [0, 0.1) is 13.8 Å². The topological polar surface area (TPSA) is 55.7 Å². The summed E-state index contributed by atoms with van der Waals surface area (Å²) in [5.41, 5.74) is 3.47. The van der Waals surface area contributed by atoms with Crippen LogP contribution in [0.3, 0.4) is 0 Å². The second-order valence-corrected chi connectivity index (χ2v) is 8.62. The third-order valence-corrected chi connectivity index (χ3v) is 5.85. The first-order chi connectivity index (χ1) is 13.2. The summed E-state index contributed by atoms with van der Waals surface area (Å²) in [6, 6.07) is 16.2. The average molecular weight is 434 g/mol. The summed E-state index contributed by atoms with van der Waals surface area (Å²) in [6.45, 7) is 4.02. The van der Waals surface area contributed by atoms with Gasteiger partial charge >= 0.3 is 10.1 Å². The zero-order valence-electron chi connectivity index (χ0n) is 15.2. The molecular weight excluding hydrogens is 417 g/mol. The Labute approximate surface area is 174 Å². The fourth-order valence-corrected chi connectivity index (χ4v) is 3.67. The molecule has 0 aliphatic carbocycles. The van der Waals surface area contributed by atoms with Gasteiger partial charge in [0.2, 0.25) is 0 Å². The summed E-state index contributed by atoms with van der Waals surface area (Å²) in [5, 5.41) is 0.879. The summed E-state index contributed by atoms with van der Waals surface area (Å²) in [6.07, 6.45) is 1.53. The first kappa shape index (κ1) is 20.4. The predicted molar refractivity (Wildman–Crippen MR) is 114 cm³/mol. The Balaban J connectivity index is 1.93. The molecule has 4 nitrogen and oxygen atoms in total. The van der Waals surface area contributed by atoms with Gasteiger partial charge in [-0.15, -0.1) is 0 Å². The molecule has 0 aliphatic heterocycles. The van der Waals surface area contributed by atoms with Gasteiger partial charge in [0.15, 0.2) is 5.75 Å². The van der Waals surface area contributed by atoms with Crippen LogP contribution in [-0.4, -0.2) is 14.6 Å². The molecular formula is C21H17Cl2NO3S. The highest BCUT2D eigenvalue weighted by atomic mass is 35.5. The quantitative estimate of drug-likeness (QED) is 0.359. The molecule has 0 aliphatic rings. The Hall–Kier alpha value is -2.34. The molecule has 0 radical (unpaired) electrons. The van der Waals surface area contributed by atoms with Crippen molar-refractivity contribution in [2.45, 2.75) is 18.7 Å². The summed E-state index contributed by atoms with van der Waals surface area (Å²) in [5.74, 6) is 0.131. The van der Waals surface area contributed by atoms with Crippen LogP contribution in [0.4, 0.5) is 5.69 Å². The fraction of sp³-hybridized carbons (Fsp3) is 0.0952. The van der Waals surface area contributed by atoms with Gasteiger partial charge in [-0.1, -0.05) is 29.3 Å². The summed E-state index contributed by atoms with van der Waals surface area (Å²) >= 11 is 11.9. The van der Waals surface area contributed by atoms with Gasteiger partial charge < -0.3 is 4.18 Å². The van der Waals surface area contributed by atoms with E-state index in [1.807, 2.05) is 32.0 Å². The Morgan fingerprint density at radius 3 is 2.21 bits per heavy atom. The lowest BCUT2D eigenvalue weighted by molar-refractivity contribution is 0.485. The van der Waals surface area contributed by atoms with Crippen molar-refractivity contribution in [3.63, 3.8) is 0 Å². The van der Waals surface area contributed by atoms with Gasteiger partial charge in [0.05, 0.1) is 5.69 Å². The fourth-order valence-electron chi connectivity index (χ4n) is 2.41. The van der Waals surface area contributed by atoms with E-state index in [4.69, 9.17) is 27.4 Å². The maximum Gasteiger partial charge on any atom is 0.339 e. The van der Waals surface area contributed by atoms with Crippen molar-refractivity contribution in [3.05, 3.63) is 87.4 Å². The third kappa shape index (κ3) is 4.93. The molecule has 7 heteroatoms. The average Bonchev–Trinajstić information content (AvgIpc) is 2.65. The molecule has 0 heterocycles. The minimum Gasteiger partial charge on any atom is -0.378 e. The zero-order valence-corrected chi connectivity index (χ0v) is 17.5. The van der Waals surface area contributed by atoms with Gasteiger partial charge in [-0.25, -0.2) is 0 Å². The molecule has 3 aromatic carbocycles. The van der Waals surface area contributed by atoms with E-state index in [2.05, 4.69) is 4.99 Å². The van der Waals surface area contributed by atoms with Crippen LogP contribution >= 0.6 is 23.2 Å². The van der Waals surface area contributed by atoms with Crippen molar-refractivity contribution in [2.24, 2.45) is 4.99 Å². The molecule has 0 bridgehead atoms. The molecule has 0 saturated heterocycles. The Morgan fingerprint density at radius 2 is 1.54 bits per heavy atom. The van der Waals surface area contributed by atoms with Crippen LogP contribution in [0.2, 0.25) is 10.0 Å². The van der Waals surface area contributed by atoms with Crippen molar-refractivity contribution in [1.82, 2.24) is 0 Å². The van der Waals surface area contributed by atoms with E-state index >= 15 is 0 Å². The highest BCUT2D eigenvalue weighted by Crippen LogP contribution is 2.26. The SMILES string of the molecule is Cc1ccc(N=Cc2cc(Cl)ccc2OS(=O)(=O)c2ccc(Cl)cc2)cc1C. The van der Waals surface area contributed by atoms with E-state index in [0.717, 1.165) is 11.3 Å². The molecule has 0 N–H and O–H groups in total. The molecule has 0 aromatic heterocycles. The van der Waals surface area contributed by atoms with Crippen LogP contribution in [0.5, 0.6) is 5.75 Å². The first-order valence-corrected chi connectivity index (χ1v) is 10.5. The van der Waals surface area contributed by atoms with Crippen LogP contribution < -0.4 is 4.18 Å². The number of nitrogens with zero attached hydrogens (tertiary/aromatic N) is 1. The minimum absolute atomic E-state index is 0.00361. The molecule has 3 rings (SSSR count).